The predicted molar refractivity (Wildman–Crippen MR) is 111 cm³/mol. The summed E-state index contributed by atoms with van der Waals surface area (Å²) in [6, 6.07) is 2.98. The lowest BCUT2D eigenvalue weighted by molar-refractivity contribution is 0.709. The lowest BCUT2D eigenvalue weighted by atomic mass is 10.2. The largest absolute Gasteiger partial charge is 0.162 e. The van der Waals surface area contributed by atoms with E-state index in [9.17, 15) is 0 Å². The first-order chi connectivity index (χ1) is 9.21. The first-order valence-electron chi connectivity index (χ1n) is 8.78. The van der Waals surface area contributed by atoms with Gasteiger partial charge in [-0.05, 0) is 34.4 Å². The van der Waals surface area contributed by atoms with Gasteiger partial charge in [0.1, 0.15) is 0 Å². The van der Waals surface area contributed by atoms with Crippen LogP contribution in [0, 0.1) is 0 Å². The van der Waals surface area contributed by atoms with Crippen molar-refractivity contribution in [2.24, 2.45) is 0 Å². The molecule has 0 aromatic heterocycles. The van der Waals surface area contributed by atoms with Crippen molar-refractivity contribution in [2.75, 3.05) is 11.5 Å². The maximum Gasteiger partial charge on any atom is 0.0528 e. The Morgan fingerprint density at radius 3 is 1.14 bits per heavy atom. The minimum Gasteiger partial charge on any atom is -0.162 e. The quantitative estimate of drug-likeness (QED) is 0.323. The third-order valence-electron chi connectivity index (χ3n) is 6.24. The second kappa shape index (κ2) is 8.05. The molecule has 0 fully saturated rings. The Labute approximate surface area is 142 Å². The summed E-state index contributed by atoms with van der Waals surface area (Å²) in [5.74, 6) is 2.76. The summed E-state index contributed by atoms with van der Waals surface area (Å²) in [5.41, 5.74) is 0. The molecule has 0 aliphatic carbocycles. The van der Waals surface area contributed by atoms with Crippen LogP contribution in [0.4, 0.5) is 0 Å². The predicted octanol–water partition coefficient (Wildman–Crippen LogP) is 7.52. The average Bonchev–Trinajstić information content (AvgIpc) is 2.24. The zero-order chi connectivity index (χ0) is 16.9. The summed E-state index contributed by atoms with van der Waals surface area (Å²) in [5, 5.41) is 1.11. The van der Waals surface area contributed by atoms with Gasteiger partial charge in [0.2, 0.25) is 0 Å². The standard InChI is InChI=1S/C18H42SSi2/c1-17(2,3)20(7,8)15-11-13-19-14-12-16-21(9,10)18(4,5)6/h11-16H2,1-10H3. The molecule has 0 N–H and O–H groups in total. The van der Waals surface area contributed by atoms with Gasteiger partial charge in [0.25, 0.3) is 0 Å². The van der Waals surface area contributed by atoms with Gasteiger partial charge < -0.3 is 0 Å². The number of hydrogen-bond donors (Lipinski definition) is 0. The van der Waals surface area contributed by atoms with Gasteiger partial charge in [0.15, 0.2) is 0 Å². The van der Waals surface area contributed by atoms with E-state index in [2.05, 4.69) is 79.5 Å². The van der Waals surface area contributed by atoms with Crippen LogP contribution in [0.15, 0.2) is 0 Å². The molecule has 3 heteroatoms. The van der Waals surface area contributed by atoms with Gasteiger partial charge in [-0.1, -0.05) is 79.8 Å². The molecule has 0 unspecified atom stereocenters. The molecule has 0 atom stereocenters. The highest BCUT2D eigenvalue weighted by Gasteiger charge is 2.34. The van der Waals surface area contributed by atoms with Crippen LogP contribution >= 0.6 is 11.8 Å². The lowest BCUT2D eigenvalue weighted by Gasteiger charge is -2.37. The van der Waals surface area contributed by atoms with Crippen LogP contribution in [0.3, 0.4) is 0 Å². The maximum atomic E-state index is 2.56. The molecular weight excluding hydrogens is 304 g/mol. The molecule has 0 saturated heterocycles. The zero-order valence-corrected chi connectivity index (χ0v) is 19.5. The second-order valence-electron chi connectivity index (χ2n) is 10.1. The van der Waals surface area contributed by atoms with E-state index in [1.165, 1.54) is 36.4 Å². The van der Waals surface area contributed by atoms with E-state index in [0.717, 1.165) is 0 Å². The van der Waals surface area contributed by atoms with Crippen LogP contribution in [0.1, 0.15) is 54.4 Å². The van der Waals surface area contributed by atoms with Crippen molar-refractivity contribution < 1.29 is 0 Å². The highest BCUT2D eigenvalue weighted by molar-refractivity contribution is 7.99. The molecule has 0 aromatic rings. The van der Waals surface area contributed by atoms with Crippen molar-refractivity contribution in [2.45, 2.75) is 103 Å². The third-order valence-corrected chi connectivity index (χ3v) is 18.7. The molecule has 0 amide bonds. The lowest BCUT2D eigenvalue weighted by Crippen LogP contribution is -2.37. The van der Waals surface area contributed by atoms with E-state index >= 15 is 0 Å². The van der Waals surface area contributed by atoms with E-state index in [4.69, 9.17) is 0 Å². The van der Waals surface area contributed by atoms with E-state index in [0.29, 0.717) is 10.1 Å². The molecule has 0 nitrogen and oxygen atoms in total. The molecule has 0 aromatic carbocycles. The Morgan fingerprint density at radius 2 is 0.905 bits per heavy atom. The monoisotopic (exact) mass is 346 g/mol. The van der Waals surface area contributed by atoms with Gasteiger partial charge in [0.05, 0.1) is 16.1 Å². The first kappa shape index (κ1) is 21.8. The first-order valence-corrected chi connectivity index (χ1v) is 16.4. The normalized spacial score (nSPS) is 14.6. The van der Waals surface area contributed by atoms with E-state index in [-0.39, 0.29) is 0 Å². The summed E-state index contributed by atoms with van der Waals surface area (Å²) in [4.78, 5) is 0. The smallest absolute Gasteiger partial charge is 0.0528 e. The van der Waals surface area contributed by atoms with Gasteiger partial charge in [-0.3, -0.25) is 0 Å². The Bertz CT molecular complexity index is 265. The molecule has 0 saturated carbocycles. The molecule has 128 valence electrons. The Kier molecular flexibility index (Phi) is 8.35. The van der Waals surface area contributed by atoms with Crippen molar-refractivity contribution >= 4 is 27.9 Å². The van der Waals surface area contributed by atoms with Gasteiger partial charge >= 0.3 is 0 Å². The van der Waals surface area contributed by atoms with Crippen molar-refractivity contribution in [3.05, 3.63) is 0 Å². The van der Waals surface area contributed by atoms with Gasteiger partial charge in [0, 0.05) is 0 Å². The summed E-state index contributed by atoms with van der Waals surface area (Å²) >= 11 is 2.20. The van der Waals surface area contributed by atoms with Crippen LogP contribution in [0.5, 0.6) is 0 Å². The second-order valence-corrected chi connectivity index (χ2v) is 22.8. The van der Waals surface area contributed by atoms with Crippen LogP contribution in [0.2, 0.25) is 48.4 Å². The van der Waals surface area contributed by atoms with Crippen molar-refractivity contribution in [3.8, 4) is 0 Å². The van der Waals surface area contributed by atoms with Gasteiger partial charge in [-0.2, -0.15) is 11.8 Å². The summed E-state index contributed by atoms with van der Waals surface area (Å²) in [6.07, 6.45) is 2.86. The molecule has 0 radical (unpaired) electrons. The maximum absolute atomic E-state index is 2.56. The van der Waals surface area contributed by atoms with Crippen LogP contribution in [0.25, 0.3) is 0 Å². The Hall–Kier alpha value is 0.784. The fourth-order valence-electron chi connectivity index (χ4n) is 2.08. The summed E-state index contributed by atoms with van der Waals surface area (Å²) in [6.45, 7) is 24.9. The zero-order valence-electron chi connectivity index (χ0n) is 16.7. The molecule has 0 aliphatic heterocycles. The van der Waals surface area contributed by atoms with Crippen LogP contribution in [-0.4, -0.2) is 27.7 Å². The van der Waals surface area contributed by atoms with Crippen molar-refractivity contribution in [1.29, 1.82) is 0 Å². The van der Waals surface area contributed by atoms with Gasteiger partial charge in [-0.15, -0.1) is 0 Å². The topological polar surface area (TPSA) is 0 Å². The molecule has 0 rings (SSSR count). The Balaban J connectivity index is 3.81. The molecule has 0 aliphatic rings. The highest BCUT2D eigenvalue weighted by atomic mass is 32.2. The summed E-state index contributed by atoms with van der Waals surface area (Å²) in [7, 11) is -2.07. The number of thioether (sulfide) groups is 1. The molecule has 0 heterocycles. The van der Waals surface area contributed by atoms with Crippen molar-refractivity contribution in [1.82, 2.24) is 0 Å². The van der Waals surface area contributed by atoms with Gasteiger partial charge in [-0.25, -0.2) is 0 Å². The van der Waals surface area contributed by atoms with E-state index < -0.39 is 16.1 Å². The fraction of sp³-hybridized carbons (Fsp3) is 1.00. The minimum absolute atomic E-state index is 0.556. The van der Waals surface area contributed by atoms with E-state index in [1.54, 1.807) is 0 Å². The summed E-state index contributed by atoms with van der Waals surface area (Å²) < 4.78 is 0. The molecule has 0 bridgehead atoms. The molecule has 0 spiro atoms. The highest BCUT2D eigenvalue weighted by Crippen LogP contribution is 2.40. The van der Waals surface area contributed by atoms with Crippen LogP contribution in [-0.2, 0) is 0 Å². The SMILES string of the molecule is CC(C)(C)[Si](C)(C)CCCSCCC[Si](C)(C)C(C)(C)C. The average molecular weight is 347 g/mol. The van der Waals surface area contributed by atoms with Crippen molar-refractivity contribution in [3.63, 3.8) is 0 Å². The van der Waals surface area contributed by atoms with Crippen LogP contribution < -0.4 is 0 Å². The number of rotatable bonds is 8. The third kappa shape index (κ3) is 7.74. The molecular formula is C18H42SSi2. The molecule has 21 heavy (non-hydrogen) atoms. The van der Waals surface area contributed by atoms with E-state index in [1.807, 2.05) is 0 Å². The fourth-order valence-corrected chi connectivity index (χ4v) is 7.12. The Morgan fingerprint density at radius 1 is 0.619 bits per heavy atom. The number of hydrogen-bond acceptors (Lipinski definition) is 1. The minimum atomic E-state index is -1.03.